The van der Waals surface area contributed by atoms with E-state index in [0.29, 0.717) is 28.2 Å². The molecule has 0 spiro atoms. The van der Waals surface area contributed by atoms with Crippen molar-refractivity contribution in [1.29, 1.82) is 0 Å². The molecule has 3 aromatic rings. The van der Waals surface area contributed by atoms with Crippen LogP contribution in [0.4, 0.5) is 14.5 Å². The normalized spacial score (nSPS) is 11.2. The Morgan fingerprint density at radius 3 is 2.57 bits per heavy atom. The summed E-state index contributed by atoms with van der Waals surface area (Å²) in [6.07, 6.45) is 0. The number of halogens is 3. The van der Waals surface area contributed by atoms with Crippen LogP contribution in [0.15, 0.2) is 45.3 Å². The number of nitrogens with two attached hydrogens (primary N) is 1. The third-order valence-corrected chi connectivity index (χ3v) is 3.27. The standard InChI is InChI=1S/C14H9BrF2N2O2/c15-8-5-10(18)12-11(6-8)19-13(21-12)7-1-3-9(4-2-7)20-14(16)17/h1-6,14H,18H2. The smallest absolute Gasteiger partial charge is 0.387 e. The van der Waals surface area contributed by atoms with Crippen LogP contribution in [-0.4, -0.2) is 11.6 Å². The third kappa shape index (κ3) is 2.82. The number of ether oxygens (including phenoxy) is 1. The van der Waals surface area contributed by atoms with Gasteiger partial charge in [0.1, 0.15) is 11.3 Å². The lowest BCUT2D eigenvalue weighted by atomic mass is 10.2. The van der Waals surface area contributed by atoms with Crippen LogP contribution in [0, 0.1) is 0 Å². The molecular formula is C14H9BrF2N2O2. The van der Waals surface area contributed by atoms with Gasteiger partial charge in [-0.3, -0.25) is 0 Å². The van der Waals surface area contributed by atoms with Gasteiger partial charge in [-0.25, -0.2) is 4.98 Å². The van der Waals surface area contributed by atoms with Crippen LogP contribution in [0.3, 0.4) is 0 Å². The summed E-state index contributed by atoms with van der Waals surface area (Å²) in [5, 5.41) is 0. The summed E-state index contributed by atoms with van der Waals surface area (Å²) in [6.45, 7) is -2.85. The largest absolute Gasteiger partial charge is 0.435 e. The molecule has 0 fully saturated rings. The third-order valence-electron chi connectivity index (χ3n) is 2.81. The molecule has 21 heavy (non-hydrogen) atoms. The minimum Gasteiger partial charge on any atom is -0.435 e. The van der Waals surface area contributed by atoms with Gasteiger partial charge in [-0.1, -0.05) is 15.9 Å². The van der Waals surface area contributed by atoms with Crippen LogP contribution in [0.5, 0.6) is 5.75 Å². The van der Waals surface area contributed by atoms with Crippen LogP contribution >= 0.6 is 15.9 Å². The van der Waals surface area contributed by atoms with Gasteiger partial charge in [0.25, 0.3) is 0 Å². The molecule has 108 valence electrons. The lowest BCUT2D eigenvalue weighted by Gasteiger charge is -2.03. The highest BCUT2D eigenvalue weighted by molar-refractivity contribution is 9.10. The van der Waals surface area contributed by atoms with Gasteiger partial charge < -0.3 is 14.9 Å². The molecule has 0 unspecified atom stereocenters. The topological polar surface area (TPSA) is 61.3 Å². The van der Waals surface area contributed by atoms with Gasteiger partial charge in [0, 0.05) is 10.0 Å². The number of nitrogens with zero attached hydrogens (tertiary/aromatic N) is 1. The quantitative estimate of drug-likeness (QED) is 0.706. The van der Waals surface area contributed by atoms with Gasteiger partial charge in [-0.05, 0) is 36.4 Å². The molecule has 1 heterocycles. The van der Waals surface area contributed by atoms with Gasteiger partial charge in [-0.15, -0.1) is 0 Å². The average molecular weight is 355 g/mol. The molecule has 0 amide bonds. The molecule has 7 heteroatoms. The lowest BCUT2D eigenvalue weighted by molar-refractivity contribution is -0.0498. The first-order valence-corrected chi connectivity index (χ1v) is 6.73. The van der Waals surface area contributed by atoms with Crippen LogP contribution in [0.2, 0.25) is 0 Å². The molecule has 0 atom stereocenters. The number of benzene rings is 2. The Bertz CT molecular complexity index is 788. The predicted octanol–water partition coefficient (Wildman–Crippen LogP) is 4.44. The van der Waals surface area contributed by atoms with Crippen molar-refractivity contribution in [3.63, 3.8) is 0 Å². The Hall–Kier alpha value is -2.15. The van der Waals surface area contributed by atoms with Crippen molar-refractivity contribution in [3.05, 3.63) is 40.9 Å². The van der Waals surface area contributed by atoms with E-state index in [9.17, 15) is 8.78 Å². The van der Waals surface area contributed by atoms with Crippen molar-refractivity contribution < 1.29 is 17.9 Å². The first-order valence-electron chi connectivity index (χ1n) is 5.94. The van der Waals surface area contributed by atoms with Crippen molar-refractivity contribution in [1.82, 2.24) is 4.98 Å². The Kier molecular flexibility index (Phi) is 3.50. The minimum absolute atomic E-state index is 0.0760. The summed E-state index contributed by atoms with van der Waals surface area (Å²) < 4.78 is 34.9. The second kappa shape index (κ2) is 5.33. The first-order chi connectivity index (χ1) is 10.0. The molecular weight excluding hydrogens is 346 g/mol. The summed E-state index contributed by atoms with van der Waals surface area (Å²) in [5.74, 6) is 0.436. The van der Waals surface area contributed by atoms with Gasteiger partial charge in [-0.2, -0.15) is 8.78 Å². The number of rotatable bonds is 3. The van der Waals surface area contributed by atoms with Gasteiger partial charge >= 0.3 is 6.61 Å². The van der Waals surface area contributed by atoms with E-state index < -0.39 is 6.61 Å². The zero-order valence-corrected chi connectivity index (χ0v) is 12.1. The Labute approximate surface area is 126 Å². The average Bonchev–Trinajstić information content (AvgIpc) is 2.83. The fraction of sp³-hybridized carbons (Fsp3) is 0.0714. The zero-order chi connectivity index (χ0) is 15.0. The van der Waals surface area contributed by atoms with Gasteiger partial charge in [0.15, 0.2) is 5.58 Å². The molecule has 0 saturated heterocycles. The number of hydrogen-bond donors (Lipinski definition) is 1. The van der Waals surface area contributed by atoms with Gasteiger partial charge in [0.2, 0.25) is 5.89 Å². The number of oxazole rings is 1. The van der Waals surface area contributed by atoms with Crippen molar-refractivity contribution in [2.75, 3.05) is 5.73 Å². The summed E-state index contributed by atoms with van der Waals surface area (Å²) in [5.41, 5.74) is 8.07. The van der Waals surface area contributed by atoms with Crippen molar-refractivity contribution in [2.24, 2.45) is 0 Å². The summed E-state index contributed by atoms with van der Waals surface area (Å²) in [7, 11) is 0. The second-order valence-electron chi connectivity index (χ2n) is 4.27. The van der Waals surface area contributed by atoms with Crippen LogP contribution in [0.25, 0.3) is 22.6 Å². The van der Waals surface area contributed by atoms with Crippen LogP contribution in [0.1, 0.15) is 0 Å². The van der Waals surface area contributed by atoms with E-state index >= 15 is 0 Å². The number of anilines is 1. The molecule has 1 aromatic heterocycles. The molecule has 3 rings (SSSR count). The van der Waals surface area contributed by atoms with E-state index in [1.54, 1.807) is 24.3 Å². The Morgan fingerprint density at radius 1 is 1.19 bits per heavy atom. The highest BCUT2D eigenvalue weighted by Crippen LogP contribution is 2.31. The molecule has 0 aliphatic heterocycles. The molecule has 0 aliphatic carbocycles. The maximum Gasteiger partial charge on any atom is 0.387 e. The van der Waals surface area contributed by atoms with E-state index in [4.69, 9.17) is 10.2 Å². The lowest BCUT2D eigenvalue weighted by Crippen LogP contribution is -2.01. The Morgan fingerprint density at radius 2 is 1.90 bits per heavy atom. The van der Waals surface area contributed by atoms with Crippen molar-refractivity contribution >= 4 is 32.7 Å². The summed E-state index contributed by atoms with van der Waals surface area (Å²) in [4.78, 5) is 4.33. The number of alkyl halides is 2. The maximum absolute atomic E-state index is 12.1. The van der Waals surface area contributed by atoms with E-state index in [-0.39, 0.29) is 5.75 Å². The molecule has 2 N–H and O–H groups in total. The highest BCUT2D eigenvalue weighted by atomic mass is 79.9. The van der Waals surface area contributed by atoms with Crippen LogP contribution < -0.4 is 10.5 Å². The SMILES string of the molecule is Nc1cc(Br)cc2nc(-c3ccc(OC(F)F)cc3)oc12. The monoisotopic (exact) mass is 354 g/mol. The van der Waals surface area contributed by atoms with Crippen molar-refractivity contribution in [3.8, 4) is 17.2 Å². The number of fused-ring (bicyclic) bond motifs is 1. The molecule has 2 aromatic carbocycles. The fourth-order valence-corrected chi connectivity index (χ4v) is 2.39. The summed E-state index contributed by atoms with van der Waals surface area (Å²) in [6, 6.07) is 9.54. The predicted molar refractivity (Wildman–Crippen MR) is 78.2 cm³/mol. The minimum atomic E-state index is -2.85. The summed E-state index contributed by atoms with van der Waals surface area (Å²) >= 11 is 3.33. The van der Waals surface area contributed by atoms with E-state index in [2.05, 4.69) is 25.7 Å². The van der Waals surface area contributed by atoms with E-state index in [0.717, 1.165) is 4.47 Å². The molecule has 0 aliphatic rings. The van der Waals surface area contributed by atoms with Crippen molar-refractivity contribution in [2.45, 2.75) is 6.61 Å². The van der Waals surface area contributed by atoms with E-state index in [1.165, 1.54) is 12.1 Å². The number of nitrogen functional groups attached to an aromatic ring is 1. The maximum atomic E-state index is 12.1. The molecule has 0 radical (unpaired) electrons. The van der Waals surface area contributed by atoms with E-state index in [1.807, 2.05) is 0 Å². The molecule has 0 bridgehead atoms. The Balaban J connectivity index is 1.98. The van der Waals surface area contributed by atoms with Gasteiger partial charge in [0.05, 0.1) is 5.69 Å². The first kappa shape index (κ1) is 13.8. The van der Waals surface area contributed by atoms with Crippen LogP contribution in [-0.2, 0) is 0 Å². The molecule has 0 saturated carbocycles. The fourth-order valence-electron chi connectivity index (χ4n) is 1.93. The highest BCUT2D eigenvalue weighted by Gasteiger charge is 2.12. The number of aromatic nitrogens is 1. The zero-order valence-electron chi connectivity index (χ0n) is 10.5. The second-order valence-corrected chi connectivity index (χ2v) is 5.18. The molecule has 4 nitrogen and oxygen atoms in total. The number of hydrogen-bond acceptors (Lipinski definition) is 4.